The number of alkyl halides is 2. The van der Waals surface area contributed by atoms with Crippen LogP contribution in [0.25, 0.3) is 22.3 Å². The number of fused-ring (bicyclic) bond motifs is 2. The number of hydrogen-bond acceptors (Lipinski definition) is 5. The molecule has 9 heteroatoms. The molecule has 162 valence electrons. The van der Waals surface area contributed by atoms with Crippen LogP contribution in [0.5, 0.6) is 0 Å². The average molecular weight is 426 g/mol. The summed E-state index contributed by atoms with van der Waals surface area (Å²) in [5.41, 5.74) is 5.13. The van der Waals surface area contributed by atoms with Gasteiger partial charge in [-0.15, -0.1) is 5.10 Å². The van der Waals surface area contributed by atoms with Gasteiger partial charge in [-0.1, -0.05) is 6.92 Å². The van der Waals surface area contributed by atoms with Gasteiger partial charge >= 0.3 is 6.61 Å². The van der Waals surface area contributed by atoms with Crippen LogP contribution in [-0.4, -0.2) is 42.7 Å². The predicted molar refractivity (Wildman–Crippen MR) is 113 cm³/mol. The Kier molecular flexibility index (Phi) is 5.27. The van der Waals surface area contributed by atoms with Gasteiger partial charge in [-0.25, -0.2) is 14.5 Å². The molecule has 0 amide bonds. The van der Waals surface area contributed by atoms with Gasteiger partial charge in [-0.2, -0.15) is 8.78 Å². The van der Waals surface area contributed by atoms with E-state index < -0.39 is 6.61 Å². The fourth-order valence-corrected chi connectivity index (χ4v) is 4.33. The topological polar surface area (TPSA) is 68.8 Å². The number of nitrogens with zero attached hydrogens (tertiary/aromatic N) is 5. The molecule has 0 atom stereocenters. The van der Waals surface area contributed by atoms with Crippen molar-refractivity contribution in [3.05, 3.63) is 48.7 Å². The van der Waals surface area contributed by atoms with E-state index in [2.05, 4.69) is 48.7 Å². The molecule has 1 N–H and O–H groups in total. The van der Waals surface area contributed by atoms with Crippen molar-refractivity contribution >= 4 is 17.1 Å². The average Bonchev–Trinajstić information content (AvgIpc) is 3.37. The number of hydrogen-bond donors (Lipinski definition) is 1. The Morgan fingerprint density at radius 1 is 1.13 bits per heavy atom. The van der Waals surface area contributed by atoms with E-state index in [1.807, 2.05) is 35.2 Å². The van der Waals surface area contributed by atoms with Gasteiger partial charge in [0.05, 0.1) is 17.8 Å². The predicted octanol–water partition coefficient (Wildman–Crippen LogP) is 4.57. The molecule has 7 nitrogen and oxygen atoms in total. The van der Waals surface area contributed by atoms with E-state index in [0.29, 0.717) is 18.8 Å². The summed E-state index contributed by atoms with van der Waals surface area (Å²) in [6, 6.07) is 6.26. The Morgan fingerprint density at radius 3 is 2.74 bits per heavy atom. The molecule has 4 heterocycles. The Hall–Kier alpha value is -3.07. The minimum absolute atomic E-state index is 0.154. The highest BCUT2D eigenvalue weighted by atomic mass is 19.3. The Morgan fingerprint density at radius 2 is 1.97 bits per heavy atom. The van der Waals surface area contributed by atoms with Crippen LogP contribution in [0.1, 0.15) is 38.3 Å². The van der Waals surface area contributed by atoms with E-state index in [-0.39, 0.29) is 12.1 Å². The number of aromatic nitrogens is 5. The van der Waals surface area contributed by atoms with E-state index in [4.69, 9.17) is 0 Å². The third-order valence-corrected chi connectivity index (χ3v) is 5.97. The quantitative estimate of drug-likeness (QED) is 0.489. The minimum atomic E-state index is -2.70. The molecule has 5 rings (SSSR count). The molecular formula is C22H24F2N6O. The molecule has 0 spiro atoms. The molecule has 0 radical (unpaired) electrons. The number of ether oxygens (including phenoxy) is 1. The molecule has 0 unspecified atom stereocenters. The zero-order valence-electron chi connectivity index (χ0n) is 17.2. The summed E-state index contributed by atoms with van der Waals surface area (Å²) < 4.78 is 33.3. The maximum Gasteiger partial charge on any atom is 0.345 e. The highest BCUT2D eigenvalue weighted by molar-refractivity contribution is 5.80. The van der Waals surface area contributed by atoms with Crippen molar-refractivity contribution < 1.29 is 13.5 Å². The number of halogens is 2. The van der Waals surface area contributed by atoms with E-state index in [9.17, 15) is 8.78 Å². The van der Waals surface area contributed by atoms with Crippen molar-refractivity contribution in [2.24, 2.45) is 0 Å². The lowest BCUT2D eigenvalue weighted by molar-refractivity contribution is -0.169. The van der Waals surface area contributed by atoms with Gasteiger partial charge in [-0.3, -0.25) is 0 Å². The maximum atomic E-state index is 12.4. The van der Waals surface area contributed by atoms with E-state index in [1.165, 1.54) is 0 Å². The van der Waals surface area contributed by atoms with Crippen LogP contribution in [0.3, 0.4) is 0 Å². The zero-order chi connectivity index (χ0) is 21.4. The molecule has 1 aliphatic rings. The van der Waals surface area contributed by atoms with E-state index >= 15 is 0 Å². The summed E-state index contributed by atoms with van der Waals surface area (Å²) in [7, 11) is 0. The molecule has 1 fully saturated rings. The van der Waals surface area contributed by atoms with Gasteiger partial charge in [0.2, 0.25) is 5.95 Å². The molecule has 4 aromatic rings. The molecule has 1 saturated carbocycles. The number of rotatable bonds is 6. The third-order valence-electron chi connectivity index (χ3n) is 5.97. The Labute approximate surface area is 178 Å². The minimum Gasteiger partial charge on any atom is -0.350 e. The smallest absolute Gasteiger partial charge is 0.345 e. The summed E-state index contributed by atoms with van der Waals surface area (Å²) >= 11 is 0. The molecule has 0 aromatic carbocycles. The van der Waals surface area contributed by atoms with Crippen molar-refractivity contribution in [3.63, 3.8) is 0 Å². The second-order valence-electron chi connectivity index (χ2n) is 7.90. The second kappa shape index (κ2) is 8.22. The summed E-state index contributed by atoms with van der Waals surface area (Å²) in [5, 5.41) is 7.93. The monoisotopic (exact) mass is 426 g/mol. The van der Waals surface area contributed by atoms with Crippen LogP contribution in [0.4, 0.5) is 14.7 Å². The molecule has 0 bridgehead atoms. The molecule has 1 aliphatic carbocycles. The Balaban J connectivity index is 1.34. The zero-order valence-corrected chi connectivity index (χ0v) is 17.2. The normalized spacial score (nSPS) is 19.5. The van der Waals surface area contributed by atoms with Crippen LogP contribution < -0.4 is 5.32 Å². The largest absolute Gasteiger partial charge is 0.350 e. The maximum absolute atomic E-state index is 12.4. The van der Waals surface area contributed by atoms with Crippen LogP contribution in [0.15, 0.2) is 43.0 Å². The first-order valence-corrected chi connectivity index (χ1v) is 10.6. The SMILES string of the molecule is CCc1cnc2ccc(-c3ccn4nc(NC5CCC(OC(F)F)CC5)ncc34)cn12. The van der Waals surface area contributed by atoms with E-state index in [1.54, 1.807) is 0 Å². The number of nitrogens with one attached hydrogen (secondary N) is 1. The summed E-state index contributed by atoms with van der Waals surface area (Å²) in [6.45, 7) is -0.587. The van der Waals surface area contributed by atoms with Gasteiger partial charge in [-0.05, 0) is 50.3 Å². The van der Waals surface area contributed by atoms with Gasteiger partial charge < -0.3 is 14.5 Å². The lowest BCUT2D eigenvalue weighted by Gasteiger charge is -2.28. The van der Waals surface area contributed by atoms with Crippen LogP contribution in [0.2, 0.25) is 0 Å². The lowest BCUT2D eigenvalue weighted by Crippen LogP contribution is -2.31. The first kappa shape index (κ1) is 19.9. The fourth-order valence-electron chi connectivity index (χ4n) is 4.33. The summed E-state index contributed by atoms with van der Waals surface area (Å²) in [4.78, 5) is 8.94. The van der Waals surface area contributed by atoms with Crippen molar-refractivity contribution in [3.8, 4) is 11.1 Å². The fraction of sp³-hybridized carbons (Fsp3) is 0.409. The number of pyridine rings is 1. The number of imidazole rings is 1. The Bertz CT molecular complexity index is 1200. The number of anilines is 1. The lowest BCUT2D eigenvalue weighted by atomic mass is 9.93. The first-order chi connectivity index (χ1) is 15.1. The molecule has 31 heavy (non-hydrogen) atoms. The molecule has 0 saturated heterocycles. The first-order valence-electron chi connectivity index (χ1n) is 10.6. The summed E-state index contributed by atoms with van der Waals surface area (Å²) in [6.07, 6.45) is 11.0. The highest BCUT2D eigenvalue weighted by Crippen LogP contribution is 2.27. The molecule has 4 aromatic heterocycles. The third kappa shape index (κ3) is 3.97. The van der Waals surface area contributed by atoms with Gasteiger partial charge in [0.15, 0.2) is 0 Å². The second-order valence-corrected chi connectivity index (χ2v) is 7.90. The van der Waals surface area contributed by atoms with E-state index in [0.717, 1.165) is 47.2 Å². The van der Waals surface area contributed by atoms with Crippen LogP contribution in [-0.2, 0) is 11.2 Å². The van der Waals surface area contributed by atoms with Crippen LogP contribution >= 0.6 is 0 Å². The van der Waals surface area contributed by atoms with Crippen molar-refractivity contribution in [2.45, 2.75) is 57.8 Å². The van der Waals surface area contributed by atoms with Crippen molar-refractivity contribution in [2.75, 3.05) is 5.32 Å². The molecule has 0 aliphatic heterocycles. The van der Waals surface area contributed by atoms with Crippen molar-refractivity contribution in [1.82, 2.24) is 24.0 Å². The molecular weight excluding hydrogens is 402 g/mol. The van der Waals surface area contributed by atoms with Gasteiger partial charge in [0, 0.05) is 41.5 Å². The standard InChI is InChI=1S/C22H24F2N6O/c1-2-16-11-25-20-8-3-14(13-29(16)20)18-9-10-30-19(18)12-26-22(28-30)27-15-4-6-17(7-5-15)31-21(23)24/h3,8-13,15,17,21H,2,4-7H2,1H3,(H,27,28). The summed E-state index contributed by atoms with van der Waals surface area (Å²) in [5.74, 6) is 0.534. The van der Waals surface area contributed by atoms with Crippen LogP contribution in [0, 0.1) is 0 Å². The van der Waals surface area contributed by atoms with Gasteiger partial charge in [0.1, 0.15) is 5.65 Å². The number of aryl methyl sites for hydroxylation is 1. The highest BCUT2D eigenvalue weighted by Gasteiger charge is 2.24. The van der Waals surface area contributed by atoms with Gasteiger partial charge in [0.25, 0.3) is 0 Å². The van der Waals surface area contributed by atoms with Crippen molar-refractivity contribution in [1.29, 1.82) is 0 Å².